The van der Waals surface area contributed by atoms with Crippen molar-refractivity contribution in [3.8, 4) is 0 Å². The fourth-order valence-electron chi connectivity index (χ4n) is 2.28. The van der Waals surface area contributed by atoms with Gasteiger partial charge in [-0.2, -0.15) is 4.79 Å². The van der Waals surface area contributed by atoms with Crippen LogP contribution in [0, 0.1) is 5.92 Å². The van der Waals surface area contributed by atoms with Crippen LogP contribution < -0.4 is 0 Å². The zero-order valence-electron chi connectivity index (χ0n) is 13.3. The van der Waals surface area contributed by atoms with E-state index in [1.165, 1.54) is 0 Å². The minimum absolute atomic E-state index is 0.0125. The minimum atomic E-state index is -2.34. The van der Waals surface area contributed by atoms with Gasteiger partial charge >= 0.3 is 6.09 Å². The molecule has 0 saturated carbocycles. The number of amides is 1. The van der Waals surface area contributed by atoms with Gasteiger partial charge in [0.15, 0.2) is 12.3 Å². The Balaban J connectivity index is 3.66. The number of likely N-dealkylation sites (tertiary alicyclic amines) is 1. The molecule has 1 unspecified atom stereocenters. The van der Waals surface area contributed by atoms with Gasteiger partial charge in [-0.25, -0.2) is 4.48 Å². The quantitative estimate of drug-likeness (QED) is 0.556. The molecule has 0 aliphatic carbocycles. The monoisotopic (exact) mass is 231 g/mol. The van der Waals surface area contributed by atoms with E-state index in [1.54, 1.807) is 27.7 Å². The molecule has 1 rings (SSSR count). The Morgan fingerprint density at radius 3 is 2.56 bits per heavy atom. The summed E-state index contributed by atoms with van der Waals surface area (Å²) >= 11 is 0. The molecule has 1 heterocycles. The second-order valence-corrected chi connectivity index (χ2v) is 5.43. The van der Waals surface area contributed by atoms with E-state index in [1.807, 2.05) is 0 Å². The lowest BCUT2D eigenvalue weighted by molar-refractivity contribution is -0.924. The summed E-state index contributed by atoms with van der Waals surface area (Å²) < 4.78 is 23.4. The summed E-state index contributed by atoms with van der Waals surface area (Å²) in [6.45, 7) is 6.70. The first kappa shape index (κ1) is 9.16. The Labute approximate surface area is 101 Å². The maximum absolute atomic E-state index is 11.9. The number of nitrogens with zero attached hydrogens (tertiary/aromatic N) is 1. The SMILES string of the molecule is [2H]C1([2H])C[C@H](C)C[N+](C(=O)O)(C(C)(C)C)[C@]1([2H])C=O. The van der Waals surface area contributed by atoms with E-state index >= 15 is 0 Å². The number of rotatable bonds is 1. The predicted molar refractivity (Wildman–Crippen MR) is 61.2 cm³/mol. The summed E-state index contributed by atoms with van der Waals surface area (Å²) in [5, 5.41) is 9.67. The van der Waals surface area contributed by atoms with Gasteiger partial charge in [-0.3, -0.25) is 4.79 Å². The second-order valence-electron chi connectivity index (χ2n) is 5.43. The molecule has 1 amide bonds. The number of quaternary nitrogens is 1. The maximum atomic E-state index is 11.9. The molecule has 1 aliphatic rings. The average Bonchev–Trinajstić information content (AvgIpc) is 2.20. The molecule has 3 atom stereocenters. The first-order valence-corrected chi connectivity index (χ1v) is 5.44. The fraction of sp³-hybridized carbons (Fsp3) is 0.833. The number of hydrogen-bond donors (Lipinski definition) is 1. The highest BCUT2D eigenvalue weighted by molar-refractivity contribution is 5.65. The van der Waals surface area contributed by atoms with E-state index in [9.17, 15) is 14.7 Å². The zero-order chi connectivity index (χ0) is 15.3. The van der Waals surface area contributed by atoms with Crippen molar-refractivity contribution in [1.29, 1.82) is 0 Å². The van der Waals surface area contributed by atoms with Crippen LogP contribution in [0.4, 0.5) is 4.79 Å². The van der Waals surface area contributed by atoms with Crippen molar-refractivity contribution in [1.82, 2.24) is 0 Å². The lowest BCUT2D eigenvalue weighted by Gasteiger charge is -2.50. The van der Waals surface area contributed by atoms with Gasteiger partial charge in [0.25, 0.3) is 0 Å². The van der Waals surface area contributed by atoms with E-state index in [0.29, 0.717) is 0 Å². The highest BCUT2D eigenvalue weighted by Crippen LogP contribution is 2.36. The van der Waals surface area contributed by atoms with Crippen LogP contribution in [0.15, 0.2) is 0 Å². The molecule has 16 heavy (non-hydrogen) atoms. The van der Waals surface area contributed by atoms with Crippen molar-refractivity contribution in [3.63, 3.8) is 0 Å². The van der Waals surface area contributed by atoms with E-state index in [-0.39, 0.29) is 25.2 Å². The Kier molecular flexibility index (Phi) is 2.39. The Morgan fingerprint density at radius 2 is 2.19 bits per heavy atom. The summed E-state index contributed by atoms with van der Waals surface area (Å²) in [5.74, 6) is -0.219. The van der Waals surface area contributed by atoms with E-state index < -0.39 is 28.5 Å². The van der Waals surface area contributed by atoms with Crippen LogP contribution in [-0.4, -0.2) is 40.1 Å². The van der Waals surface area contributed by atoms with Crippen LogP contribution in [0.2, 0.25) is 0 Å². The van der Waals surface area contributed by atoms with Crippen LogP contribution >= 0.6 is 0 Å². The Bertz CT molecular complexity index is 408. The van der Waals surface area contributed by atoms with Crippen molar-refractivity contribution in [2.45, 2.75) is 52.0 Å². The number of hydrogen-bond acceptors (Lipinski definition) is 2. The van der Waals surface area contributed by atoms with Crippen LogP contribution in [0.3, 0.4) is 0 Å². The third-order valence-corrected chi connectivity index (χ3v) is 3.21. The number of piperidine rings is 1. The lowest BCUT2D eigenvalue weighted by atomic mass is 9.86. The van der Waals surface area contributed by atoms with E-state index in [4.69, 9.17) is 4.11 Å². The van der Waals surface area contributed by atoms with E-state index in [2.05, 4.69) is 0 Å². The van der Waals surface area contributed by atoms with Crippen molar-refractivity contribution in [2.24, 2.45) is 5.92 Å². The van der Waals surface area contributed by atoms with E-state index in [0.717, 1.165) is 0 Å². The van der Waals surface area contributed by atoms with Gasteiger partial charge in [0.1, 0.15) is 6.91 Å². The molecule has 1 fully saturated rings. The van der Waals surface area contributed by atoms with Gasteiger partial charge < -0.3 is 5.11 Å². The molecule has 0 aromatic heterocycles. The van der Waals surface area contributed by atoms with Gasteiger partial charge in [-0.05, 0) is 27.2 Å². The average molecular weight is 231 g/mol. The van der Waals surface area contributed by atoms with Crippen LogP contribution in [0.5, 0.6) is 0 Å². The first-order valence-electron chi connectivity index (χ1n) is 6.94. The molecular weight excluding hydrogens is 206 g/mol. The van der Waals surface area contributed by atoms with Gasteiger partial charge in [-0.1, -0.05) is 6.92 Å². The molecule has 0 bridgehead atoms. The fourth-order valence-corrected chi connectivity index (χ4v) is 2.28. The minimum Gasteiger partial charge on any atom is -0.435 e. The highest BCUT2D eigenvalue weighted by Gasteiger charge is 2.55. The number of carbonyl (C=O) groups is 2. The number of carbonyl (C=O) groups excluding carboxylic acids is 1. The molecule has 92 valence electrons. The normalized spacial score (nSPS) is 46.2. The van der Waals surface area contributed by atoms with Crippen molar-refractivity contribution >= 4 is 12.4 Å². The largest absolute Gasteiger partial charge is 0.514 e. The molecule has 4 heteroatoms. The standard InChI is InChI=1S/C12H21NO3/c1-9-5-6-10(8-14)13(7-9,11(15)16)12(2,3)4/h8-10H,5-7H2,1-4H3/p+1/t9-,10-,13?/m0/s1/i6D2,10D. The molecule has 1 N–H and O–H groups in total. The molecular formula is C12H22NO3+. The van der Waals surface area contributed by atoms with Gasteiger partial charge in [0.2, 0.25) is 0 Å². The van der Waals surface area contributed by atoms with Gasteiger partial charge in [0, 0.05) is 15.0 Å². The van der Waals surface area contributed by atoms with Crippen LogP contribution in [0.25, 0.3) is 0 Å². The molecule has 1 saturated heterocycles. The Hall–Kier alpha value is -0.900. The lowest BCUT2D eigenvalue weighted by Crippen LogP contribution is -2.71. The summed E-state index contributed by atoms with van der Waals surface area (Å²) in [6, 6.07) is -2.34. The summed E-state index contributed by atoms with van der Waals surface area (Å²) in [4.78, 5) is 23.3. The summed E-state index contributed by atoms with van der Waals surface area (Å²) in [6.07, 6.45) is -3.33. The molecule has 0 spiro atoms. The first-order chi connectivity index (χ1) is 8.35. The summed E-state index contributed by atoms with van der Waals surface area (Å²) in [7, 11) is 0. The maximum Gasteiger partial charge on any atom is 0.514 e. The molecule has 1 aliphatic heterocycles. The topological polar surface area (TPSA) is 54.4 Å². The highest BCUT2D eigenvalue weighted by atomic mass is 16.4. The third-order valence-electron chi connectivity index (χ3n) is 3.21. The van der Waals surface area contributed by atoms with Crippen molar-refractivity contribution in [2.75, 3.05) is 6.54 Å². The van der Waals surface area contributed by atoms with Crippen molar-refractivity contribution in [3.05, 3.63) is 0 Å². The third kappa shape index (κ3) is 1.86. The molecule has 0 radical (unpaired) electrons. The molecule has 0 aromatic rings. The zero-order valence-corrected chi connectivity index (χ0v) is 10.3. The Morgan fingerprint density at radius 1 is 1.62 bits per heavy atom. The van der Waals surface area contributed by atoms with Gasteiger partial charge in [0.05, 0.1) is 6.54 Å². The second kappa shape index (κ2) is 4.17. The van der Waals surface area contributed by atoms with Crippen molar-refractivity contribution < 1.29 is 23.3 Å². The van der Waals surface area contributed by atoms with Crippen LogP contribution in [-0.2, 0) is 4.79 Å². The van der Waals surface area contributed by atoms with Gasteiger partial charge in [-0.15, -0.1) is 0 Å². The van der Waals surface area contributed by atoms with Crippen LogP contribution in [0.1, 0.15) is 44.6 Å². The molecule has 4 nitrogen and oxygen atoms in total. The number of aldehydes is 1. The summed E-state index contributed by atoms with van der Waals surface area (Å²) in [5.41, 5.74) is -0.962. The molecule has 0 aromatic carbocycles. The smallest absolute Gasteiger partial charge is 0.435 e. The number of carboxylic acid groups (broad SMARTS) is 1. The predicted octanol–water partition coefficient (Wildman–Crippen LogP) is 2.28.